The van der Waals surface area contributed by atoms with Crippen molar-refractivity contribution in [3.05, 3.63) is 0 Å². The van der Waals surface area contributed by atoms with E-state index in [0.29, 0.717) is 5.92 Å². The lowest BCUT2D eigenvalue weighted by molar-refractivity contribution is 0.0317. The molecule has 0 amide bonds. The topological polar surface area (TPSA) is 44.8 Å². The molecular formula is C10H23O4PS. The summed E-state index contributed by atoms with van der Waals surface area (Å²) in [6, 6.07) is 0. The summed E-state index contributed by atoms with van der Waals surface area (Å²) in [7, 11) is -0.763. The lowest BCUT2D eigenvalue weighted by atomic mass is 9.93. The van der Waals surface area contributed by atoms with Gasteiger partial charge in [-0.05, 0) is 38.4 Å². The maximum Gasteiger partial charge on any atom is 0.474 e. The molecule has 98 valence electrons. The fraction of sp³-hybridized carbons (Fsp3) is 1.00. The van der Waals surface area contributed by atoms with Crippen LogP contribution in [0.5, 0.6) is 0 Å². The van der Waals surface area contributed by atoms with Gasteiger partial charge in [0.15, 0.2) is 0 Å². The Bertz CT molecular complexity index is 237. The molecule has 0 saturated heterocycles. The zero-order chi connectivity index (χ0) is 12.8. The maximum atomic E-state index is 11.8. The van der Waals surface area contributed by atoms with Crippen molar-refractivity contribution in [3.8, 4) is 0 Å². The van der Waals surface area contributed by atoms with Gasteiger partial charge in [-0.15, -0.1) is 0 Å². The molecule has 0 spiro atoms. The predicted octanol–water partition coefficient (Wildman–Crippen LogP) is 3.53. The molecule has 0 radical (unpaired) electrons. The van der Waals surface area contributed by atoms with Crippen LogP contribution in [-0.4, -0.2) is 25.6 Å². The molecule has 1 unspecified atom stereocenters. The van der Waals surface area contributed by atoms with Crippen LogP contribution in [0.3, 0.4) is 0 Å². The lowest BCUT2D eigenvalue weighted by Gasteiger charge is -2.30. The van der Waals surface area contributed by atoms with Crippen molar-refractivity contribution in [3.63, 3.8) is 0 Å². The first-order valence-corrected chi connectivity index (χ1v) is 7.41. The van der Waals surface area contributed by atoms with Crippen molar-refractivity contribution < 1.29 is 18.1 Å². The van der Waals surface area contributed by atoms with Gasteiger partial charge in [0.2, 0.25) is 0 Å². The summed E-state index contributed by atoms with van der Waals surface area (Å²) >= 11 is 4.19. The summed E-state index contributed by atoms with van der Waals surface area (Å²) in [4.78, 5) is 0. The van der Waals surface area contributed by atoms with E-state index in [2.05, 4.69) is 19.6 Å². The fourth-order valence-electron chi connectivity index (χ4n) is 1.65. The van der Waals surface area contributed by atoms with E-state index in [9.17, 15) is 4.57 Å². The average Bonchev–Trinajstić information content (AvgIpc) is 2.16. The second kappa shape index (κ2) is 7.02. The number of phosphoric acid groups is 1. The molecule has 0 fully saturated rings. The molecule has 0 aliphatic heterocycles. The Kier molecular flexibility index (Phi) is 7.22. The number of hydrogen-bond donors (Lipinski definition) is 1. The Labute approximate surface area is 104 Å². The van der Waals surface area contributed by atoms with Gasteiger partial charge < -0.3 is 0 Å². The molecule has 6 heteroatoms. The minimum Gasteiger partial charge on any atom is -0.290 e. The minimum atomic E-state index is -3.40. The molecule has 0 heterocycles. The van der Waals surface area contributed by atoms with Crippen LogP contribution in [0.25, 0.3) is 0 Å². The van der Waals surface area contributed by atoms with Gasteiger partial charge in [-0.3, -0.25) is 13.6 Å². The first kappa shape index (κ1) is 16.5. The second-order valence-electron chi connectivity index (χ2n) is 4.48. The molecule has 4 nitrogen and oxygen atoms in total. The van der Waals surface area contributed by atoms with Gasteiger partial charge in [0, 0.05) is 14.2 Å². The normalized spacial score (nSPS) is 15.1. The van der Waals surface area contributed by atoms with Gasteiger partial charge in [-0.1, -0.05) is 6.92 Å². The third-order valence-corrected chi connectivity index (χ3v) is 4.14. The molecule has 0 aliphatic carbocycles. The van der Waals surface area contributed by atoms with Crippen molar-refractivity contribution in [2.45, 2.75) is 39.2 Å². The van der Waals surface area contributed by atoms with E-state index in [0.717, 1.165) is 18.6 Å². The van der Waals surface area contributed by atoms with Crippen LogP contribution in [0.4, 0.5) is 0 Å². The molecule has 16 heavy (non-hydrogen) atoms. The summed E-state index contributed by atoms with van der Waals surface area (Å²) in [5, 5.41) is 0. The Morgan fingerprint density at radius 2 is 1.81 bits per heavy atom. The summed E-state index contributed by atoms with van der Waals surface area (Å²) < 4.78 is 26.8. The number of phosphoric ester groups is 1. The monoisotopic (exact) mass is 270 g/mol. The van der Waals surface area contributed by atoms with Crippen LogP contribution in [0, 0.1) is 5.92 Å². The molecule has 1 atom stereocenters. The van der Waals surface area contributed by atoms with Crippen molar-refractivity contribution >= 4 is 20.5 Å². The highest BCUT2D eigenvalue weighted by atomic mass is 32.1. The SMILES string of the molecule is COP(=O)(OC)OC(C)(C)CC(C)CCS. The molecule has 0 bridgehead atoms. The van der Waals surface area contributed by atoms with E-state index >= 15 is 0 Å². The Morgan fingerprint density at radius 1 is 1.31 bits per heavy atom. The van der Waals surface area contributed by atoms with Crippen LogP contribution in [0.1, 0.15) is 33.6 Å². The van der Waals surface area contributed by atoms with Gasteiger partial charge in [0.1, 0.15) is 0 Å². The average molecular weight is 270 g/mol. The van der Waals surface area contributed by atoms with Crippen LogP contribution in [0.15, 0.2) is 0 Å². The van der Waals surface area contributed by atoms with E-state index < -0.39 is 13.4 Å². The number of rotatable bonds is 8. The zero-order valence-corrected chi connectivity index (χ0v) is 12.5. The molecule has 0 aromatic heterocycles. The zero-order valence-electron chi connectivity index (χ0n) is 10.7. The highest BCUT2D eigenvalue weighted by molar-refractivity contribution is 7.80. The van der Waals surface area contributed by atoms with E-state index in [4.69, 9.17) is 13.6 Å². The predicted molar refractivity (Wildman–Crippen MR) is 69.0 cm³/mol. The standard InChI is InChI=1S/C10H23O4PS/c1-9(6-7-16)8-10(2,3)14-15(11,12-4)13-5/h9,16H,6-8H2,1-5H3. The van der Waals surface area contributed by atoms with Crippen molar-refractivity contribution in [2.24, 2.45) is 5.92 Å². The highest BCUT2D eigenvalue weighted by Gasteiger charge is 2.34. The van der Waals surface area contributed by atoms with E-state index in [1.807, 2.05) is 13.8 Å². The van der Waals surface area contributed by atoms with Gasteiger partial charge in [0.25, 0.3) is 0 Å². The van der Waals surface area contributed by atoms with Gasteiger partial charge >= 0.3 is 7.82 Å². The molecular weight excluding hydrogens is 247 g/mol. The van der Waals surface area contributed by atoms with Gasteiger partial charge in [-0.25, -0.2) is 4.57 Å². The van der Waals surface area contributed by atoms with Gasteiger partial charge in [-0.2, -0.15) is 12.6 Å². The van der Waals surface area contributed by atoms with Crippen LogP contribution < -0.4 is 0 Å². The minimum absolute atomic E-state index is 0.453. The Hall–Kier alpha value is 0.460. The molecule has 0 saturated carbocycles. The molecule has 0 aromatic carbocycles. The Morgan fingerprint density at radius 3 is 2.19 bits per heavy atom. The van der Waals surface area contributed by atoms with Crippen LogP contribution in [0.2, 0.25) is 0 Å². The molecule has 0 aliphatic rings. The van der Waals surface area contributed by atoms with E-state index in [1.165, 1.54) is 14.2 Å². The van der Waals surface area contributed by atoms with Crippen molar-refractivity contribution in [2.75, 3.05) is 20.0 Å². The summed E-state index contributed by atoms with van der Waals surface area (Å²) in [6.07, 6.45) is 1.78. The summed E-state index contributed by atoms with van der Waals surface area (Å²) in [5.41, 5.74) is -0.538. The number of thiol groups is 1. The molecule has 0 rings (SSSR count). The highest BCUT2D eigenvalue weighted by Crippen LogP contribution is 2.52. The number of hydrogen-bond acceptors (Lipinski definition) is 5. The van der Waals surface area contributed by atoms with E-state index in [1.54, 1.807) is 0 Å². The third-order valence-electron chi connectivity index (χ3n) is 2.27. The van der Waals surface area contributed by atoms with Gasteiger partial charge in [0.05, 0.1) is 5.60 Å². The van der Waals surface area contributed by atoms with Crippen molar-refractivity contribution in [1.29, 1.82) is 0 Å². The largest absolute Gasteiger partial charge is 0.474 e. The smallest absolute Gasteiger partial charge is 0.290 e. The quantitative estimate of drug-likeness (QED) is 0.541. The van der Waals surface area contributed by atoms with E-state index in [-0.39, 0.29) is 0 Å². The summed E-state index contributed by atoms with van der Waals surface area (Å²) in [6.45, 7) is 5.88. The lowest BCUT2D eigenvalue weighted by Crippen LogP contribution is -2.26. The second-order valence-corrected chi connectivity index (χ2v) is 6.74. The fourth-order valence-corrected chi connectivity index (χ4v) is 3.07. The first-order chi connectivity index (χ1) is 7.28. The maximum absolute atomic E-state index is 11.8. The molecule has 0 aromatic rings. The Balaban J connectivity index is 4.38. The summed E-state index contributed by atoms with van der Waals surface area (Å²) in [5.74, 6) is 1.29. The molecule has 0 N–H and O–H groups in total. The van der Waals surface area contributed by atoms with Crippen LogP contribution in [-0.2, 0) is 18.1 Å². The third kappa shape index (κ3) is 6.26. The van der Waals surface area contributed by atoms with Crippen LogP contribution >= 0.6 is 20.5 Å². The van der Waals surface area contributed by atoms with Crippen molar-refractivity contribution in [1.82, 2.24) is 0 Å². The first-order valence-electron chi connectivity index (χ1n) is 5.31.